The number of nitrogens with zero attached hydrogens (tertiary/aromatic N) is 1. The van der Waals surface area contributed by atoms with E-state index in [1.807, 2.05) is 0 Å². The highest BCUT2D eigenvalue weighted by atomic mass is 19.2. The number of nitrogens with one attached hydrogen (secondary N) is 1. The number of ether oxygens (including phenoxy) is 2. The highest BCUT2D eigenvalue weighted by Crippen LogP contribution is 2.35. The Labute approximate surface area is 166 Å². The van der Waals surface area contributed by atoms with Crippen molar-refractivity contribution in [1.29, 1.82) is 0 Å². The topological polar surface area (TPSA) is 67.9 Å². The number of hydrogen-bond acceptors (Lipinski definition) is 5. The van der Waals surface area contributed by atoms with Crippen molar-refractivity contribution < 1.29 is 27.8 Å². The van der Waals surface area contributed by atoms with Crippen molar-refractivity contribution in [3.63, 3.8) is 0 Å². The van der Waals surface area contributed by atoms with Crippen LogP contribution in [-0.2, 0) is 9.59 Å². The zero-order valence-electron chi connectivity index (χ0n) is 15.8. The summed E-state index contributed by atoms with van der Waals surface area (Å²) >= 11 is 0. The summed E-state index contributed by atoms with van der Waals surface area (Å²) in [5.41, 5.74) is 0.536. The van der Waals surface area contributed by atoms with E-state index >= 15 is 0 Å². The summed E-state index contributed by atoms with van der Waals surface area (Å²) in [5.74, 6) is -2.44. The molecule has 2 amide bonds. The summed E-state index contributed by atoms with van der Waals surface area (Å²) in [5, 5.41) is 2.75. The molecule has 1 aliphatic heterocycles. The summed E-state index contributed by atoms with van der Waals surface area (Å²) in [6.45, 7) is 3.56. The molecule has 0 aliphatic carbocycles. The quantitative estimate of drug-likeness (QED) is 0.570. The van der Waals surface area contributed by atoms with Crippen molar-refractivity contribution in [3.8, 4) is 11.5 Å². The number of halogens is 2. The van der Waals surface area contributed by atoms with Gasteiger partial charge in [0.05, 0.1) is 19.8 Å². The summed E-state index contributed by atoms with van der Waals surface area (Å²) in [4.78, 5) is 26.8. The molecule has 1 aliphatic rings. The molecule has 0 bridgehead atoms. The number of imide groups is 1. The highest BCUT2D eigenvalue weighted by molar-refractivity contribution is 6.36. The minimum absolute atomic E-state index is 0.00256. The van der Waals surface area contributed by atoms with E-state index in [4.69, 9.17) is 9.47 Å². The van der Waals surface area contributed by atoms with Gasteiger partial charge in [-0.05, 0) is 29.8 Å². The van der Waals surface area contributed by atoms with Crippen molar-refractivity contribution >= 4 is 23.1 Å². The van der Waals surface area contributed by atoms with Gasteiger partial charge >= 0.3 is 0 Å². The van der Waals surface area contributed by atoms with Crippen LogP contribution in [0.1, 0.15) is 5.56 Å². The zero-order valence-corrected chi connectivity index (χ0v) is 15.8. The first-order valence-corrected chi connectivity index (χ1v) is 8.57. The predicted molar refractivity (Wildman–Crippen MR) is 103 cm³/mol. The van der Waals surface area contributed by atoms with E-state index in [2.05, 4.69) is 11.9 Å². The Morgan fingerprint density at radius 2 is 1.72 bits per heavy atom. The van der Waals surface area contributed by atoms with Gasteiger partial charge in [0.2, 0.25) is 0 Å². The molecule has 1 heterocycles. The summed E-state index contributed by atoms with van der Waals surface area (Å²) in [7, 11) is 2.92. The molecule has 8 heteroatoms. The summed E-state index contributed by atoms with van der Waals surface area (Å²) in [6.07, 6.45) is 1.42. The lowest BCUT2D eigenvalue weighted by molar-refractivity contribution is -0.136. The van der Waals surface area contributed by atoms with Gasteiger partial charge in [0.1, 0.15) is 5.70 Å². The Bertz CT molecular complexity index is 1030. The van der Waals surface area contributed by atoms with E-state index < -0.39 is 23.4 Å². The molecule has 6 nitrogen and oxygen atoms in total. The predicted octanol–water partition coefficient (Wildman–Crippen LogP) is 3.36. The number of amides is 2. The normalized spacial score (nSPS) is 13.7. The zero-order chi connectivity index (χ0) is 21.1. The van der Waals surface area contributed by atoms with Gasteiger partial charge in [-0.15, -0.1) is 6.58 Å². The summed E-state index contributed by atoms with van der Waals surface area (Å²) < 4.78 is 37.3. The van der Waals surface area contributed by atoms with Gasteiger partial charge in [-0.1, -0.05) is 12.1 Å². The highest BCUT2D eigenvalue weighted by Gasteiger charge is 2.39. The van der Waals surface area contributed by atoms with Crippen LogP contribution in [0.25, 0.3) is 5.57 Å². The number of anilines is 1. The number of hydrogen-bond donors (Lipinski definition) is 1. The molecular weight excluding hydrogens is 382 g/mol. The monoisotopic (exact) mass is 400 g/mol. The van der Waals surface area contributed by atoms with Gasteiger partial charge in [-0.3, -0.25) is 14.5 Å². The first-order chi connectivity index (χ1) is 13.9. The molecule has 1 N–H and O–H groups in total. The lowest BCUT2D eigenvalue weighted by Crippen LogP contribution is -2.32. The molecule has 3 rings (SSSR count). The van der Waals surface area contributed by atoms with Crippen molar-refractivity contribution in [3.05, 3.63) is 71.9 Å². The Balaban J connectivity index is 2.12. The van der Waals surface area contributed by atoms with Crippen LogP contribution in [0.15, 0.2) is 54.8 Å². The lowest BCUT2D eigenvalue weighted by Gasteiger charge is -2.12. The van der Waals surface area contributed by atoms with Crippen LogP contribution in [0.2, 0.25) is 0 Å². The fourth-order valence-corrected chi connectivity index (χ4v) is 2.96. The number of carbonyl (C=O) groups is 2. The first-order valence-electron chi connectivity index (χ1n) is 8.57. The third kappa shape index (κ3) is 3.69. The van der Waals surface area contributed by atoms with Gasteiger partial charge < -0.3 is 14.8 Å². The second kappa shape index (κ2) is 8.14. The molecule has 2 aromatic carbocycles. The molecule has 0 fully saturated rings. The fourth-order valence-electron chi connectivity index (χ4n) is 2.96. The fraction of sp³-hybridized carbons (Fsp3) is 0.143. The third-order valence-electron chi connectivity index (χ3n) is 4.34. The molecule has 2 aromatic rings. The Morgan fingerprint density at radius 3 is 2.34 bits per heavy atom. The maximum atomic E-state index is 13.6. The van der Waals surface area contributed by atoms with E-state index in [0.29, 0.717) is 17.1 Å². The molecule has 0 unspecified atom stereocenters. The number of rotatable bonds is 7. The average molecular weight is 400 g/mol. The van der Waals surface area contributed by atoms with Gasteiger partial charge in [0.15, 0.2) is 23.1 Å². The van der Waals surface area contributed by atoms with Crippen LogP contribution < -0.4 is 14.8 Å². The minimum atomic E-state index is -1.08. The van der Waals surface area contributed by atoms with Gasteiger partial charge in [0, 0.05) is 18.3 Å². The first kappa shape index (κ1) is 20.1. The standard InChI is InChI=1S/C21H18F2N2O4/c1-4-9-25-20(26)18(12-5-8-16(28-2)17(10-12)29-3)19(21(25)27)24-13-6-7-14(22)15(23)11-13/h4-8,10-11,24H,1,9H2,2-3H3. The number of benzene rings is 2. The maximum absolute atomic E-state index is 13.6. The molecule has 29 heavy (non-hydrogen) atoms. The molecule has 0 spiro atoms. The molecule has 0 atom stereocenters. The molecule has 0 saturated heterocycles. The van der Waals surface area contributed by atoms with Gasteiger partial charge in [-0.2, -0.15) is 0 Å². The van der Waals surface area contributed by atoms with Crippen molar-refractivity contribution in [1.82, 2.24) is 4.90 Å². The van der Waals surface area contributed by atoms with Crippen LogP contribution in [0.4, 0.5) is 14.5 Å². The van der Waals surface area contributed by atoms with Gasteiger partial charge in [0.25, 0.3) is 11.8 Å². The molecule has 150 valence electrons. The van der Waals surface area contributed by atoms with Crippen molar-refractivity contribution in [2.45, 2.75) is 0 Å². The van der Waals surface area contributed by atoms with Crippen LogP contribution in [0.5, 0.6) is 11.5 Å². The van der Waals surface area contributed by atoms with E-state index in [1.165, 1.54) is 26.4 Å². The molecule has 0 radical (unpaired) electrons. The van der Waals surface area contributed by atoms with Crippen molar-refractivity contribution in [2.24, 2.45) is 0 Å². The Morgan fingerprint density at radius 1 is 1.00 bits per heavy atom. The summed E-state index contributed by atoms with van der Waals surface area (Å²) in [6, 6.07) is 7.87. The largest absolute Gasteiger partial charge is 0.493 e. The third-order valence-corrected chi connectivity index (χ3v) is 4.34. The maximum Gasteiger partial charge on any atom is 0.278 e. The Hall–Kier alpha value is -3.68. The SMILES string of the molecule is C=CCN1C(=O)C(Nc2ccc(F)c(F)c2)=C(c2ccc(OC)c(OC)c2)C1=O. The number of methoxy groups -OCH3 is 2. The molecular formula is C21H18F2N2O4. The van der Waals surface area contributed by atoms with Crippen molar-refractivity contribution in [2.75, 3.05) is 26.1 Å². The number of carbonyl (C=O) groups excluding carboxylic acids is 2. The lowest BCUT2D eigenvalue weighted by atomic mass is 10.0. The van der Waals surface area contributed by atoms with E-state index in [-0.39, 0.29) is 23.5 Å². The van der Waals surface area contributed by atoms with E-state index in [1.54, 1.807) is 18.2 Å². The van der Waals surface area contributed by atoms with Crippen LogP contribution in [-0.4, -0.2) is 37.5 Å². The second-order valence-corrected chi connectivity index (χ2v) is 6.08. The van der Waals surface area contributed by atoms with E-state index in [9.17, 15) is 18.4 Å². The average Bonchev–Trinajstić information content (AvgIpc) is 2.94. The smallest absolute Gasteiger partial charge is 0.278 e. The Kier molecular flexibility index (Phi) is 5.63. The molecule has 0 saturated carbocycles. The van der Waals surface area contributed by atoms with Crippen LogP contribution in [0.3, 0.4) is 0 Å². The minimum Gasteiger partial charge on any atom is -0.493 e. The van der Waals surface area contributed by atoms with Crippen LogP contribution >= 0.6 is 0 Å². The van der Waals surface area contributed by atoms with Crippen LogP contribution in [0, 0.1) is 11.6 Å². The van der Waals surface area contributed by atoms with Gasteiger partial charge in [-0.25, -0.2) is 8.78 Å². The van der Waals surface area contributed by atoms with E-state index in [0.717, 1.165) is 17.0 Å². The second-order valence-electron chi connectivity index (χ2n) is 6.08. The molecule has 0 aromatic heterocycles.